The van der Waals surface area contributed by atoms with E-state index in [0.29, 0.717) is 5.92 Å². The molecule has 0 heterocycles. The van der Waals surface area contributed by atoms with Gasteiger partial charge in [-0.2, -0.15) is 0 Å². The van der Waals surface area contributed by atoms with Gasteiger partial charge in [0, 0.05) is 22.4 Å². The first-order chi connectivity index (χ1) is 27.6. The quantitative estimate of drug-likeness (QED) is 0.159. The van der Waals surface area contributed by atoms with Crippen molar-refractivity contribution in [1.29, 1.82) is 0 Å². The SMILES string of the molecule is CC1(C2CC3CCC2C3)c2ccccc2-c2ccc(N(c3ccc(-c4ccc(-c5ccccc5)c5ccccc45)cc3)c3ccccc3-c3ccccc3)cc21. The molecule has 1 nitrogen and oxygen atoms in total. The Balaban J connectivity index is 1.07. The van der Waals surface area contributed by atoms with Crippen molar-refractivity contribution in [2.45, 2.75) is 38.0 Å². The van der Waals surface area contributed by atoms with Crippen LogP contribution in [0.25, 0.3) is 55.3 Å². The Morgan fingerprint density at radius 3 is 1.62 bits per heavy atom. The van der Waals surface area contributed by atoms with Crippen LogP contribution in [0, 0.1) is 17.8 Å². The van der Waals surface area contributed by atoms with Crippen LogP contribution < -0.4 is 4.90 Å². The molecule has 2 bridgehead atoms. The molecule has 0 N–H and O–H groups in total. The molecule has 0 radical (unpaired) electrons. The fourth-order valence-electron chi connectivity index (χ4n) is 11.2. The predicted molar refractivity (Wildman–Crippen MR) is 236 cm³/mol. The second-order valence-electron chi connectivity index (χ2n) is 16.6. The lowest BCUT2D eigenvalue weighted by atomic mass is 9.64. The molecule has 4 atom stereocenters. The summed E-state index contributed by atoms with van der Waals surface area (Å²) >= 11 is 0. The molecule has 8 aromatic carbocycles. The van der Waals surface area contributed by atoms with Crippen LogP contribution in [0.4, 0.5) is 17.1 Å². The van der Waals surface area contributed by atoms with Crippen molar-refractivity contribution in [3.8, 4) is 44.5 Å². The molecule has 0 aliphatic heterocycles. The van der Waals surface area contributed by atoms with Gasteiger partial charge in [-0.25, -0.2) is 0 Å². The van der Waals surface area contributed by atoms with Crippen molar-refractivity contribution in [2.75, 3.05) is 4.90 Å². The first-order valence-electron chi connectivity index (χ1n) is 20.5. The average Bonchev–Trinajstić information content (AvgIpc) is 3.98. The van der Waals surface area contributed by atoms with Gasteiger partial charge in [-0.05, 0) is 128 Å². The van der Waals surface area contributed by atoms with E-state index in [2.05, 4.69) is 200 Å². The molecule has 0 saturated heterocycles. The zero-order valence-corrected chi connectivity index (χ0v) is 31.9. The van der Waals surface area contributed by atoms with Crippen molar-refractivity contribution in [1.82, 2.24) is 0 Å². The molecule has 56 heavy (non-hydrogen) atoms. The maximum absolute atomic E-state index is 2.58. The van der Waals surface area contributed by atoms with Crippen LogP contribution in [-0.2, 0) is 5.41 Å². The van der Waals surface area contributed by atoms with E-state index >= 15 is 0 Å². The van der Waals surface area contributed by atoms with Crippen LogP contribution in [0.3, 0.4) is 0 Å². The zero-order chi connectivity index (χ0) is 37.2. The molecule has 270 valence electrons. The van der Waals surface area contributed by atoms with E-state index in [1.165, 1.54) is 103 Å². The van der Waals surface area contributed by atoms with E-state index < -0.39 is 0 Å². The molecule has 11 rings (SSSR count). The summed E-state index contributed by atoms with van der Waals surface area (Å²) in [7, 11) is 0. The number of hydrogen-bond donors (Lipinski definition) is 0. The van der Waals surface area contributed by atoms with Gasteiger partial charge >= 0.3 is 0 Å². The average molecular weight is 720 g/mol. The molecule has 1 heteroatoms. The standard InChI is InChI=1S/C55H45N/c1-55(52-35-37-24-25-41(52)34-37)51-22-12-10-21-49(51)50-31-30-43(36-53(50)55)56(54-23-13-11-18-46(54)39-16-6-3-7-17-39)42-28-26-40(27-29-42)45-33-32-44(38-14-4-2-5-15-38)47-19-8-9-20-48(45)47/h2-23,26-33,36-37,41,52H,24-25,34-35H2,1H3. The monoisotopic (exact) mass is 719 g/mol. The van der Waals surface area contributed by atoms with Crippen molar-refractivity contribution < 1.29 is 0 Å². The Morgan fingerprint density at radius 2 is 0.964 bits per heavy atom. The lowest BCUT2D eigenvalue weighted by Gasteiger charge is -2.40. The van der Waals surface area contributed by atoms with Crippen LogP contribution in [0.1, 0.15) is 43.7 Å². The molecule has 0 aromatic heterocycles. The van der Waals surface area contributed by atoms with Crippen LogP contribution in [0.2, 0.25) is 0 Å². The lowest BCUT2D eigenvalue weighted by Crippen LogP contribution is -2.35. The molecule has 2 fully saturated rings. The summed E-state index contributed by atoms with van der Waals surface area (Å²) in [6.07, 6.45) is 5.56. The Bertz CT molecular complexity index is 2730. The molecule has 0 amide bonds. The van der Waals surface area contributed by atoms with Crippen molar-refractivity contribution >= 4 is 27.8 Å². The summed E-state index contributed by atoms with van der Waals surface area (Å²) in [6.45, 7) is 2.58. The van der Waals surface area contributed by atoms with Gasteiger partial charge in [0.25, 0.3) is 0 Å². The number of fused-ring (bicyclic) bond motifs is 6. The van der Waals surface area contributed by atoms with Crippen LogP contribution in [-0.4, -0.2) is 0 Å². The van der Waals surface area contributed by atoms with E-state index in [0.717, 1.165) is 17.5 Å². The van der Waals surface area contributed by atoms with Gasteiger partial charge in [0.2, 0.25) is 0 Å². The summed E-state index contributed by atoms with van der Waals surface area (Å²) in [5.41, 5.74) is 16.8. The number of hydrogen-bond acceptors (Lipinski definition) is 1. The van der Waals surface area contributed by atoms with E-state index in [1.807, 2.05) is 0 Å². The van der Waals surface area contributed by atoms with Crippen LogP contribution in [0.15, 0.2) is 188 Å². The van der Waals surface area contributed by atoms with Crippen LogP contribution >= 0.6 is 0 Å². The van der Waals surface area contributed by atoms with Gasteiger partial charge in [-0.3, -0.25) is 0 Å². The molecule has 0 spiro atoms. The van der Waals surface area contributed by atoms with Gasteiger partial charge in [-0.15, -0.1) is 0 Å². The van der Waals surface area contributed by atoms with Gasteiger partial charge in [0.05, 0.1) is 5.69 Å². The number of nitrogens with zero attached hydrogens (tertiary/aromatic N) is 1. The molecule has 3 aliphatic rings. The Hall–Kier alpha value is -6.18. The predicted octanol–water partition coefficient (Wildman–Crippen LogP) is 15.0. The zero-order valence-electron chi connectivity index (χ0n) is 31.9. The molecule has 2 saturated carbocycles. The Morgan fingerprint density at radius 1 is 0.429 bits per heavy atom. The Labute approximate surface area is 330 Å². The first-order valence-corrected chi connectivity index (χ1v) is 20.5. The summed E-state index contributed by atoms with van der Waals surface area (Å²) in [4.78, 5) is 2.51. The normalized spacial score (nSPS) is 20.6. The maximum Gasteiger partial charge on any atom is 0.0540 e. The highest BCUT2D eigenvalue weighted by molar-refractivity contribution is 6.05. The number of rotatable bonds is 7. The topological polar surface area (TPSA) is 3.24 Å². The second-order valence-corrected chi connectivity index (χ2v) is 16.6. The third-order valence-corrected chi connectivity index (χ3v) is 13.8. The van der Waals surface area contributed by atoms with Crippen molar-refractivity contribution in [3.63, 3.8) is 0 Å². The van der Waals surface area contributed by atoms with E-state index in [9.17, 15) is 0 Å². The largest absolute Gasteiger partial charge is 0.310 e. The fourth-order valence-corrected chi connectivity index (χ4v) is 11.2. The van der Waals surface area contributed by atoms with E-state index in [-0.39, 0.29) is 5.41 Å². The third-order valence-electron chi connectivity index (χ3n) is 13.8. The minimum atomic E-state index is -0.0107. The van der Waals surface area contributed by atoms with Gasteiger partial charge in [-0.1, -0.05) is 171 Å². The molecule has 8 aromatic rings. The highest BCUT2D eigenvalue weighted by atomic mass is 15.1. The number of anilines is 3. The summed E-state index contributed by atoms with van der Waals surface area (Å²) in [6, 6.07) is 69.9. The minimum Gasteiger partial charge on any atom is -0.310 e. The highest BCUT2D eigenvalue weighted by Gasteiger charge is 2.53. The highest BCUT2D eigenvalue weighted by Crippen LogP contribution is 2.62. The van der Waals surface area contributed by atoms with Crippen LogP contribution in [0.5, 0.6) is 0 Å². The first kappa shape index (κ1) is 33.2. The third kappa shape index (κ3) is 5.21. The van der Waals surface area contributed by atoms with Gasteiger partial charge < -0.3 is 4.90 Å². The summed E-state index contributed by atoms with van der Waals surface area (Å²) in [5.74, 6) is 2.37. The fraction of sp³-hybridized carbons (Fsp3) is 0.164. The number of benzene rings is 8. The lowest BCUT2D eigenvalue weighted by molar-refractivity contribution is 0.236. The van der Waals surface area contributed by atoms with Gasteiger partial charge in [0.15, 0.2) is 0 Å². The Kier molecular flexibility index (Phi) is 7.85. The van der Waals surface area contributed by atoms with Crippen molar-refractivity contribution in [2.24, 2.45) is 17.8 Å². The molecular weight excluding hydrogens is 675 g/mol. The van der Waals surface area contributed by atoms with E-state index in [1.54, 1.807) is 0 Å². The minimum absolute atomic E-state index is 0.0107. The maximum atomic E-state index is 2.58. The summed E-state index contributed by atoms with van der Waals surface area (Å²) in [5, 5.41) is 2.54. The smallest absolute Gasteiger partial charge is 0.0540 e. The number of para-hydroxylation sites is 1. The molecular formula is C55H45N. The molecule has 4 unspecified atom stereocenters. The van der Waals surface area contributed by atoms with E-state index in [4.69, 9.17) is 0 Å². The van der Waals surface area contributed by atoms with Gasteiger partial charge in [0.1, 0.15) is 0 Å². The van der Waals surface area contributed by atoms with Crippen molar-refractivity contribution in [3.05, 3.63) is 199 Å². The summed E-state index contributed by atoms with van der Waals surface area (Å²) < 4.78 is 0. The molecule has 3 aliphatic carbocycles. The second kappa shape index (κ2) is 13.2.